The average Bonchev–Trinajstić information content (AvgIpc) is 2.84. The fourth-order valence-electron chi connectivity index (χ4n) is 3.39. The van der Waals surface area contributed by atoms with E-state index in [-0.39, 0.29) is 17.1 Å². The van der Waals surface area contributed by atoms with E-state index in [4.69, 9.17) is 0 Å². The summed E-state index contributed by atoms with van der Waals surface area (Å²) in [4.78, 5) is 28.5. The molecule has 1 amide bonds. The zero-order chi connectivity index (χ0) is 25.6. The Hall–Kier alpha value is -3.01. The van der Waals surface area contributed by atoms with Crippen LogP contribution in [0.1, 0.15) is 88.9 Å². The highest BCUT2D eigenvalue weighted by atomic mass is 16.1. The number of rotatable bonds is 18. The molecule has 0 unspecified atom stereocenters. The summed E-state index contributed by atoms with van der Waals surface area (Å²) < 4.78 is 0. The molecule has 0 aliphatic carbocycles. The van der Waals surface area contributed by atoms with Gasteiger partial charge in [0.25, 0.3) is 5.91 Å². The predicted octanol–water partition coefficient (Wildman–Crippen LogP) is 7.72. The molecule has 190 valence electrons. The zero-order valence-corrected chi connectivity index (χ0v) is 21.9. The molecule has 0 saturated carbocycles. The summed E-state index contributed by atoms with van der Waals surface area (Å²) in [6, 6.07) is 3.47. The van der Waals surface area contributed by atoms with E-state index in [0.717, 1.165) is 44.9 Å². The average molecular weight is 477 g/mol. The van der Waals surface area contributed by atoms with Crippen molar-refractivity contribution >= 4 is 11.7 Å². The largest absolute Gasteiger partial charge is 0.351 e. The predicted molar refractivity (Wildman–Crippen MR) is 148 cm³/mol. The maximum absolute atomic E-state index is 12.4. The number of allylic oxidation sites excluding steroid dienone is 10. The number of carbonyl (C=O) groups is 2. The van der Waals surface area contributed by atoms with Crippen LogP contribution < -0.4 is 5.32 Å². The smallest absolute Gasteiger partial charge is 0.252 e. The number of hydrogen-bond acceptors (Lipinski definition) is 3. The molecule has 35 heavy (non-hydrogen) atoms. The number of carbonyl (C=O) groups excluding carboxylic acids is 2. The number of nitrogens with one attached hydrogen (secondary N) is 1. The first-order chi connectivity index (χ1) is 16.9. The molecule has 4 nitrogen and oxygen atoms in total. The van der Waals surface area contributed by atoms with E-state index in [1.54, 1.807) is 24.5 Å². The number of unbranched alkanes of at least 4 members (excludes halogenated alkanes) is 1. The Morgan fingerprint density at radius 1 is 0.886 bits per heavy atom. The summed E-state index contributed by atoms with van der Waals surface area (Å²) in [6.07, 6.45) is 32.9. The number of hydrogen-bond donors (Lipinski definition) is 1. The van der Waals surface area contributed by atoms with Gasteiger partial charge in [0, 0.05) is 31.8 Å². The van der Waals surface area contributed by atoms with E-state index in [1.165, 1.54) is 0 Å². The van der Waals surface area contributed by atoms with Crippen molar-refractivity contribution in [1.29, 1.82) is 0 Å². The van der Waals surface area contributed by atoms with Crippen LogP contribution in [0.2, 0.25) is 0 Å². The van der Waals surface area contributed by atoms with Gasteiger partial charge >= 0.3 is 0 Å². The molecule has 4 heteroatoms. The molecular weight excluding hydrogens is 432 g/mol. The summed E-state index contributed by atoms with van der Waals surface area (Å²) in [5.41, 5.74) is 0.262. The molecule has 0 fully saturated rings. The minimum atomic E-state index is -0.272. The second-order valence-corrected chi connectivity index (χ2v) is 9.40. The molecule has 1 heterocycles. The van der Waals surface area contributed by atoms with Gasteiger partial charge in [-0.15, -0.1) is 0 Å². The Labute approximate surface area is 213 Å². The van der Waals surface area contributed by atoms with Crippen LogP contribution in [0.4, 0.5) is 0 Å². The van der Waals surface area contributed by atoms with Gasteiger partial charge in [0.05, 0.1) is 5.56 Å². The van der Waals surface area contributed by atoms with E-state index < -0.39 is 0 Å². The molecule has 1 N–H and O–H groups in total. The summed E-state index contributed by atoms with van der Waals surface area (Å²) >= 11 is 0. The molecule has 0 bridgehead atoms. The van der Waals surface area contributed by atoms with Gasteiger partial charge in [-0.3, -0.25) is 14.6 Å². The maximum atomic E-state index is 12.4. The summed E-state index contributed by atoms with van der Waals surface area (Å²) in [7, 11) is 0. The minimum Gasteiger partial charge on any atom is -0.351 e. The summed E-state index contributed by atoms with van der Waals surface area (Å²) in [5.74, 6) is 0.0926. The lowest BCUT2D eigenvalue weighted by Gasteiger charge is -2.24. The zero-order valence-electron chi connectivity index (χ0n) is 21.9. The van der Waals surface area contributed by atoms with Gasteiger partial charge in [-0.25, -0.2) is 0 Å². The Kier molecular flexibility index (Phi) is 16.6. The third-order valence-electron chi connectivity index (χ3n) is 5.31. The number of ketones is 1. The van der Waals surface area contributed by atoms with Gasteiger partial charge in [0.15, 0.2) is 0 Å². The van der Waals surface area contributed by atoms with E-state index in [1.807, 2.05) is 13.8 Å². The van der Waals surface area contributed by atoms with Crippen molar-refractivity contribution in [1.82, 2.24) is 10.3 Å². The molecule has 0 atom stereocenters. The fourth-order valence-corrected chi connectivity index (χ4v) is 3.39. The molecule has 0 saturated heterocycles. The first kappa shape index (κ1) is 30.0. The fraction of sp³-hybridized carbons (Fsp3) is 0.452. The van der Waals surface area contributed by atoms with Crippen LogP contribution in [0, 0.1) is 5.41 Å². The molecular formula is C31H44N2O2. The maximum Gasteiger partial charge on any atom is 0.252 e. The van der Waals surface area contributed by atoms with Crippen molar-refractivity contribution in [2.24, 2.45) is 5.41 Å². The molecule has 0 spiro atoms. The summed E-state index contributed by atoms with van der Waals surface area (Å²) in [6.45, 7) is 6.63. The number of amides is 1. The van der Waals surface area contributed by atoms with E-state index in [2.05, 4.69) is 78.0 Å². The van der Waals surface area contributed by atoms with Crippen LogP contribution in [-0.2, 0) is 4.79 Å². The standard InChI is InChI=1S/C31H44N2O2/c1-4-5-6-7-8-9-10-11-12-13-14-15-16-17-18-19-20-23-29(34)25-31(2,3)27-33-30(35)28-22-21-24-32-26-28/h5-6,8-9,11-12,14-15,17-18,21-22,24,26H,4,7,10,13,16,19-20,23,25,27H2,1-3H3,(H,33,35)/b6-5-,9-8-,12-11-,15-14-,18-17-. The van der Waals surface area contributed by atoms with Crippen molar-refractivity contribution in [3.8, 4) is 0 Å². The number of Topliss-reactive ketones (excluding diaryl/α,β-unsaturated/α-hetero) is 1. The number of pyridine rings is 1. The lowest BCUT2D eigenvalue weighted by atomic mass is 9.86. The van der Waals surface area contributed by atoms with Crippen molar-refractivity contribution in [3.05, 3.63) is 90.9 Å². The topological polar surface area (TPSA) is 59.1 Å². The highest BCUT2D eigenvalue weighted by Crippen LogP contribution is 2.21. The molecule has 0 aliphatic rings. The Morgan fingerprint density at radius 2 is 1.46 bits per heavy atom. The number of nitrogens with zero attached hydrogens (tertiary/aromatic N) is 1. The van der Waals surface area contributed by atoms with Gasteiger partial charge in [-0.1, -0.05) is 81.5 Å². The van der Waals surface area contributed by atoms with Crippen molar-refractivity contribution in [2.45, 2.75) is 78.6 Å². The van der Waals surface area contributed by atoms with Crippen LogP contribution in [0.25, 0.3) is 0 Å². The van der Waals surface area contributed by atoms with Crippen molar-refractivity contribution in [3.63, 3.8) is 0 Å². The first-order valence-corrected chi connectivity index (χ1v) is 12.9. The highest BCUT2D eigenvalue weighted by molar-refractivity contribution is 5.93. The molecule has 1 rings (SSSR count). The summed E-state index contributed by atoms with van der Waals surface area (Å²) in [5, 5.41) is 2.91. The first-order valence-electron chi connectivity index (χ1n) is 12.9. The van der Waals surface area contributed by atoms with Crippen molar-refractivity contribution < 1.29 is 9.59 Å². The van der Waals surface area contributed by atoms with E-state index >= 15 is 0 Å². The van der Waals surface area contributed by atoms with Gasteiger partial charge < -0.3 is 5.32 Å². The lowest BCUT2D eigenvalue weighted by molar-refractivity contribution is -0.121. The van der Waals surface area contributed by atoms with Gasteiger partial charge in [-0.2, -0.15) is 0 Å². The second kappa shape index (κ2) is 19.3. The van der Waals surface area contributed by atoms with Crippen LogP contribution in [-0.4, -0.2) is 23.2 Å². The van der Waals surface area contributed by atoms with Gasteiger partial charge in [0.2, 0.25) is 0 Å². The SMILES string of the molecule is CC/C=C\C/C=C\C/C=C\C/C=C\C/C=C\CCCC(=O)CC(C)(C)CNC(=O)c1cccnc1. The van der Waals surface area contributed by atoms with Gasteiger partial charge in [-0.05, 0) is 62.5 Å². The highest BCUT2D eigenvalue weighted by Gasteiger charge is 2.22. The molecule has 1 aromatic heterocycles. The molecule has 0 aromatic carbocycles. The third kappa shape index (κ3) is 17.1. The Bertz CT molecular complexity index is 861. The van der Waals surface area contributed by atoms with E-state index in [0.29, 0.717) is 24.9 Å². The van der Waals surface area contributed by atoms with Crippen molar-refractivity contribution in [2.75, 3.05) is 6.54 Å². The Balaban J connectivity index is 2.09. The quantitative estimate of drug-likeness (QED) is 0.174. The minimum absolute atomic E-state index is 0.156. The van der Waals surface area contributed by atoms with Crippen LogP contribution in [0.3, 0.4) is 0 Å². The molecule has 0 radical (unpaired) electrons. The Morgan fingerprint density at radius 3 is 2.00 bits per heavy atom. The second-order valence-electron chi connectivity index (χ2n) is 9.40. The van der Waals surface area contributed by atoms with E-state index in [9.17, 15) is 9.59 Å². The lowest BCUT2D eigenvalue weighted by Crippen LogP contribution is -2.35. The van der Waals surface area contributed by atoms with Crippen LogP contribution >= 0.6 is 0 Å². The monoisotopic (exact) mass is 476 g/mol. The molecule has 0 aliphatic heterocycles. The third-order valence-corrected chi connectivity index (χ3v) is 5.31. The van der Waals surface area contributed by atoms with Crippen LogP contribution in [0.15, 0.2) is 85.3 Å². The van der Waals surface area contributed by atoms with Gasteiger partial charge in [0.1, 0.15) is 5.78 Å². The van der Waals surface area contributed by atoms with Crippen LogP contribution in [0.5, 0.6) is 0 Å². The number of aromatic nitrogens is 1. The molecule has 1 aromatic rings. The normalized spacial score (nSPS) is 12.7.